The van der Waals surface area contributed by atoms with Gasteiger partial charge in [0, 0.05) is 17.8 Å². The Hall–Kier alpha value is -1.91. The number of hydrogen-bond donors (Lipinski definition) is 1. The molecule has 2 aromatic rings. The summed E-state index contributed by atoms with van der Waals surface area (Å²) < 4.78 is 0. The summed E-state index contributed by atoms with van der Waals surface area (Å²) in [5, 5.41) is 3.43. The zero-order valence-corrected chi connectivity index (χ0v) is 15.5. The number of aryl methyl sites for hydroxylation is 1. The number of pyridine rings is 1. The first kappa shape index (κ1) is 19.4. The number of halogens is 1. The van der Waals surface area contributed by atoms with Gasteiger partial charge in [0.2, 0.25) is 0 Å². The van der Waals surface area contributed by atoms with E-state index in [1.165, 1.54) is 0 Å². The molecule has 1 amide bonds. The average Bonchev–Trinajstić information content (AvgIpc) is 2.89. The molecule has 1 aromatic heterocycles. The maximum absolute atomic E-state index is 13.2. The summed E-state index contributed by atoms with van der Waals surface area (Å²) in [6.07, 6.45) is 4.92. The standard InChI is InChI=1S/C20H25N3O.ClH/c1-16-6-4-7-17(14-16)20(24)23(15-18-8-2-3-12-22-18)19-9-5-11-21-13-10-19;/h2-4,6-8,12,14,19,21H,5,9-11,13,15H2,1H3;1H. The lowest BCUT2D eigenvalue weighted by Gasteiger charge is -2.31. The fraction of sp³-hybridized carbons (Fsp3) is 0.400. The number of rotatable bonds is 4. The van der Waals surface area contributed by atoms with Crippen LogP contribution in [-0.4, -0.2) is 34.9 Å². The Morgan fingerprint density at radius 1 is 1.20 bits per heavy atom. The summed E-state index contributed by atoms with van der Waals surface area (Å²) in [5.41, 5.74) is 2.82. The van der Waals surface area contributed by atoms with Gasteiger partial charge in [0.05, 0.1) is 12.2 Å². The van der Waals surface area contributed by atoms with E-state index >= 15 is 0 Å². The predicted octanol–water partition coefficient (Wildman–Crippen LogP) is 3.60. The average molecular weight is 360 g/mol. The van der Waals surface area contributed by atoms with Crippen molar-refractivity contribution in [3.8, 4) is 0 Å². The van der Waals surface area contributed by atoms with Crippen molar-refractivity contribution < 1.29 is 4.79 Å². The van der Waals surface area contributed by atoms with E-state index in [1.54, 1.807) is 6.20 Å². The van der Waals surface area contributed by atoms with E-state index in [4.69, 9.17) is 0 Å². The summed E-state index contributed by atoms with van der Waals surface area (Å²) in [6, 6.07) is 14.0. The van der Waals surface area contributed by atoms with Crippen LogP contribution in [0.5, 0.6) is 0 Å². The molecular formula is C20H26ClN3O. The van der Waals surface area contributed by atoms with Crippen molar-refractivity contribution in [2.75, 3.05) is 13.1 Å². The number of carbonyl (C=O) groups is 1. The molecule has 0 spiro atoms. The monoisotopic (exact) mass is 359 g/mol. The Labute approximate surface area is 156 Å². The van der Waals surface area contributed by atoms with Gasteiger partial charge in [0.1, 0.15) is 0 Å². The number of nitrogens with zero attached hydrogens (tertiary/aromatic N) is 2. The van der Waals surface area contributed by atoms with Crippen LogP contribution in [-0.2, 0) is 6.54 Å². The van der Waals surface area contributed by atoms with Crippen LogP contribution in [0.15, 0.2) is 48.7 Å². The smallest absolute Gasteiger partial charge is 0.254 e. The molecule has 1 fully saturated rings. The van der Waals surface area contributed by atoms with Gasteiger partial charge in [-0.25, -0.2) is 0 Å². The third kappa shape index (κ3) is 5.28. The van der Waals surface area contributed by atoms with Crippen LogP contribution in [0.3, 0.4) is 0 Å². The quantitative estimate of drug-likeness (QED) is 0.907. The molecule has 1 atom stereocenters. The zero-order chi connectivity index (χ0) is 16.8. The highest BCUT2D eigenvalue weighted by atomic mass is 35.5. The summed E-state index contributed by atoms with van der Waals surface area (Å²) in [6.45, 7) is 4.59. The van der Waals surface area contributed by atoms with E-state index in [9.17, 15) is 4.79 Å². The van der Waals surface area contributed by atoms with Gasteiger partial charge in [0.25, 0.3) is 5.91 Å². The largest absolute Gasteiger partial charge is 0.330 e. The summed E-state index contributed by atoms with van der Waals surface area (Å²) >= 11 is 0. The van der Waals surface area contributed by atoms with E-state index in [2.05, 4.69) is 10.3 Å². The van der Waals surface area contributed by atoms with Crippen LogP contribution in [0, 0.1) is 6.92 Å². The molecule has 1 saturated heterocycles. The molecule has 1 N–H and O–H groups in total. The molecule has 0 aliphatic carbocycles. The van der Waals surface area contributed by atoms with Gasteiger partial charge in [-0.15, -0.1) is 12.4 Å². The second kappa shape index (κ2) is 9.54. The van der Waals surface area contributed by atoms with Gasteiger partial charge in [-0.2, -0.15) is 0 Å². The van der Waals surface area contributed by atoms with Gasteiger partial charge in [-0.3, -0.25) is 9.78 Å². The van der Waals surface area contributed by atoms with Gasteiger partial charge in [0.15, 0.2) is 0 Å². The molecule has 1 aliphatic heterocycles. The molecule has 2 heterocycles. The van der Waals surface area contributed by atoms with E-state index in [1.807, 2.05) is 54.3 Å². The third-order valence-corrected chi connectivity index (χ3v) is 4.57. The lowest BCUT2D eigenvalue weighted by molar-refractivity contribution is 0.0642. The van der Waals surface area contributed by atoms with Crippen molar-refractivity contribution in [1.82, 2.24) is 15.2 Å². The molecule has 1 aliphatic rings. The van der Waals surface area contributed by atoms with Crippen LogP contribution in [0.2, 0.25) is 0 Å². The van der Waals surface area contributed by atoms with E-state index in [0.29, 0.717) is 6.54 Å². The molecule has 1 unspecified atom stereocenters. The van der Waals surface area contributed by atoms with Gasteiger partial charge < -0.3 is 10.2 Å². The van der Waals surface area contributed by atoms with Crippen molar-refractivity contribution in [2.45, 2.75) is 38.8 Å². The van der Waals surface area contributed by atoms with E-state index < -0.39 is 0 Å². The maximum atomic E-state index is 13.2. The Bertz CT molecular complexity index is 670. The number of amides is 1. The van der Waals surface area contributed by atoms with Crippen LogP contribution in [0.1, 0.15) is 40.9 Å². The first-order valence-corrected chi connectivity index (χ1v) is 8.72. The Balaban J connectivity index is 0.00000225. The normalized spacial score (nSPS) is 17.2. The third-order valence-electron chi connectivity index (χ3n) is 4.57. The molecule has 0 radical (unpaired) electrons. The lowest BCUT2D eigenvalue weighted by atomic mass is 10.0. The molecule has 5 heteroatoms. The van der Waals surface area contributed by atoms with Gasteiger partial charge in [-0.05, 0) is 63.5 Å². The number of carbonyl (C=O) groups excluding carboxylic acids is 1. The Kier molecular flexibility index (Phi) is 7.41. The van der Waals surface area contributed by atoms with Crippen molar-refractivity contribution in [2.24, 2.45) is 0 Å². The van der Waals surface area contributed by atoms with Gasteiger partial charge >= 0.3 is 0 Å². The first-order valence-electron chi connectivity index (χ1n) is 8.72. The molecule has 0 bridgehead atoms. The first-order chi connectivity index (χ1) is 11.7. The minimum absolute atomic E-state index is 0. The van der Waals surface area contributed by atoms with Crippen molar-refractivity contribution in [1.29, 1.82) is 0 Å². The topological polar surface area (TPSA) is 45.2 Å². The number of hydrogen-bond acceptors (Lipinski definition) is 3. The highest BCUT2D eigenvalue weighted by Gasteiger charge is 2.26. The SMILES string of the molecule is Cc1cccc(C(=O)N(Cc2ccccn2)C2CCCNCC2)c1.Cl. The number of aromatic nitrogens is 1. The van der Waals surface area contributed by atoms with Gasteiger partial charge in [-0.1, -0.05) is 23.8 Å². The molecular weight excluding hydrogens is 334 g/mol. The fourth-order valence-corrected chi connectivity index (χ4v) is 3.29. The van der Waals surface area contributed by atoms with Crippen LogP contribution < -0.4 is 5.32 Å². The highest BCUT2D eigenvalue weighted by Crippen LogP contribution is 2.20. The summed E-state index contributed by atoms with van der Waals surface area (Å²) in [7, 11) is 0. The minimum atomic E-state index is 0. The Morgan fingerprint density at radius 2 is 2.08 bits per heavy atom. The van der Waals surface area contributed by atoms with Crippen LogP contribution >= 0.6 is 12.4 Å². The maximum Gasteiger partial charge on any atom is 0.254 e. The van der Waals surface area contributed by atoms with Crippen LogP contribution in [0.4, 0.5) is 0 Å². The lowest BCUT2D eigenvalue weighted by Crippen LogP contribution is -2.40. The zero-order valence-electron chi connectivity index (χ0n) is 14.6. The second-order valence-electron chi connectivity index (χ2n) is 6.46. The predicted molar refractivity (Wildman–Crippen MR) is 103 cm³/mol. The second-order valence-corrected chi connectivity index (χ2v) is 6.46. The van der Waals surface area contributed by atoms with E-state index in [0.717, 1.165) is 49.2 Å². The summed E-state index contributed by atoms with van der Waals surface area (Å²) in [5.74, 6) is 0.108. The Morgan fingerprint density at radius 3 is 2.84 bits per heavy atom. The molecule has 0 saturated carbocycles. The molecule has 4 nitrogen and oxygen atoms in total. The van der Waals surface area contributed by atoms with E-state index in [-0.39, 0.29) is 24.4 Å². The van der Waals surface area contributed by atoms with Crippen LogP contribution in [0.25, 0.3) is 0 Å². The molecule has 134 valence electrons. The van der Waals surface area contributed by atoms with Crippen molar-refractivity contribution in [3.63, 3.8) is 0 Å². The van der Waals surface area contributed by atoms with Crippen molar-refractivity contribution >= 4 is 18.3 Å². The fourth-order valence-electron chi connectivity index (χ4n) is 3.29. The molecule has 25 heavy (non-hydrogen) atoms. The molecule has 1 aromatic carbocycles. The number of benzene rings is 1. The summed E-state index contributed by atoms with van der Waals surface area (Å²) in [4.78, 5) is 19.6. The molecule has 3 rings (SSSR count). The van der Waals surface area contributed by atoms with Crippen molar-refractivity contribution in [3.05, 3.63) is 65.5 Å². The highest BCUT2D eigenvalue weighted by molar-refractivity contribution is 5.94. The number of nitrogens with one attached hydrogen (secondary N) is 1. The minimum Gasteiger partial charge on any atom is -0.330 e.